The second-order valence-electron chi connectivity index (χ2n) is 10.0. The summed E-state index contributed by atoms with van der Waals surface area (Å²) in [6.07, 6.45) is 0. The molecule has 0 spiro atoms. The van der Waals surface area contributed by atoms with Gasteiger partial charge in [-0.2, -0.15) is 0 Å². The molecule has 0 fully saturated rings. The van der Waals surface area contributed by atoms with Crippen LogP contribution in [-0.2, 0) is 10.8 Å². The largest absolute Gasteiger partial charge is 0.296 e. The van der Waals surface area contributed by atoms with E-state index >= 15 is 0 Å². The van der Waals surface area contributed by atoms with Gasteiger partial charge in [0.05, 0.1) is 11.0 Å². The van der Waals surface area contributed by atoms with Crippen LogP contribution in [0.2, 0.25) is 0 Å². The van der Waals surface area contributed by atoms with Crippen LogP contribution in [0.1, 0.15) is 63.9 Å². The van der Waals surface area contributed by atoms with Crippen molar-refractivity contribution in [2.45, 2.75) is 66.2 Å². The highest BCUT2D eigenvalue weighted by Crippen LogP contribution is 2.35. The normalized spacial score (nSPS) is 13.2. The van der Waals surface area contributed by atoms with E-state index in [2.05, 4.69) is 96.2 Å². The van der Waals surface area contributed by atoms with E-state index in [-0.39, 0.29) is 10.8 Å². The van der Waals surface area contributed by atoms with Crippen LogP contribution in [0.5, 0.6) is 0 Å². The number of rotatable bonds is 0. The Kier molecular flexibility index (Phi) is 3.72. The van der Waals surface area contributed by atoms with Gasteiger partial charge in [0.25, 0.3) is 0 Å². The third kappa shape index (κ3) is 2.82. The molecule has 0 atom stereocenters. The zero-order valence-corrected chi connectivity index (χ0v) is 17.9. The highest BCUT2D eigenvalue weighted by atomic mass is 15.0. The molecule has 2 heterocycles. The lowest BCUT2D eigenvalue weighted by Gasteiger charge is -2.24. The van der Waals surface area contributed by atoms with Gasteiger partial charge in [-0.1, -0.05) is 59.7 Å². The SMILES string of the molecule is Cc1cc2nc3c4ccc(C(C)(C)C)cc4cc(C(C)(C)C)n3c2cc1C. The molecule has 140 valence electrons. The molecule has 0 N–H and O–H groups in total. The van der Waals surface area contributed by atoms with Crippen LogP contribution in [0.25, 0.3) is 27.5 Å². The quantitative estimate of drug-likeness (QED) is 0.336. The Morgan fingerprint density at radius 3 is 2.07 bits per heavy atom. The summed E-state index contributed by atoms with van der Waals surface area (Å²) in [7, 11) is 0. The highest BCUT2D eigenvalue weighted by molar-refractivity contribution is 5.99. The standard InChI is InChI=1S/C25H30N2/c1-15-11-20-21(12-16(15)2)27-22(25(6,7)8)14-17-13-18(24(3,4)5)9-10-19(17)23(27)26-20/h9-14H,1-8H3. The maximum absolute atomic E-state index is 5.07. The molecule has 2 heteroatoms. The number of fused-ring (bicyclic) bond motifs is 5. The molecular formula is C25H30N2. The summed E-state index contributed by atoms with van der Waals surface area (Å²) in [5.41, 5.74) is 8.79. The molecule has 0 radical (unpaired) electrons. The van der Waals surface area contributed by atoms with Gasteiger partial charge in [-0.15, -0.1) is 0 Å². The summed E-state index contributed by atoms with van der Waals surface area (Å²) in [6, 6.07) is 13.7. The average molecular weight is 359 g/mol. The summed E-state index contributed by atoms with van der Waals surface area (Å²) in [5.74, 6) is 0. The van der Waals surface area contributed by atoms with E-state index in [1.807, 2.05) is 0 Å². The van der Waals surface area contributed by atoms with E-state index in [1.165, 1.54) is 38.7 Å². The third-order valence-corrected chi connectivity index (χ3v) is 5.73. The summed E-state index contributed by atoms with van der Waals surface area (Å²) in [6.45, 7) is 18.0. The van der Waals surface area contributed by atoms with Crippen molar-refractivity contribution in [3.05, 3.63) is 58.8 Å². The van der Waals surface area contributed by atoms with Crippen molar-refractivity contribution in [3.8, 4) is 0 Å². The first-order valence-corrected chi connectivity index (χ1v) is 9.84. The third-order valence-electron chi connectivity index (χ3n) is 5.73. The van der Waals surface area contributed by atoms with Gasteiger partial charge in [0.15, 0.2) is 0 Å². The van der Waals surface area contributed by atoms with Gasteiger partial charge in [0, 0.05) is 16.5 Å². The smallest absolute Gasteiger partial charge is 0.146 e. The molecule has 2 aromatic carbocycles. The molecule has 0 aliphatic heterocycles. The number of hydrogen-bond donors (Lipinski definition) is 0. The maximum atomic E-state index is 5.07. The maximum Gasteiger partial charge on any atom is 0.146 e. The Balaban J connectivity index is 2.22. The summed E-state index contributed by atoms with van der Waals surface area (Å²) >= 11 is 0. The van der Waals surface area contributed by atoms with Crippen LogP contribution in [0.3, 0.4) is 0 Å². The summed E-state index contributed by atoms with van der Waals surface area (Å²) in [4.78, 5) is 5.07. The number of pyridine rings is 1. The Morgan fingerprint density at radius 1 is 0.778 bits per heavy atom. The molecule has 0 aliphatic carbocycles. The van der Waals surface area contributed by atoms with Crippen LogP contribution in [0.4, 0.5) is 0 Å². The second kappa shape index (κ2) is 5.58. The Labute approximate surface area is 162 Å². The van der Waals surface area contributed by atoms with Crippen molar-refractivity contribution in [2.75, 3.05) is 0 Å². The fourth-order valence-corrected chi connectivity index (χ4v) is 3.87. The second-order valence-corrected chi connectivity index (χ2v) is 10.0. The molecule has 4 rings (SSSR count). The van der Waals surface area contributed by atoms with Gasteiger partial charge < -0.3 is 0 Å². The molecular weight excluding hydrogens is 328 g/mol. The van der Waals surface area contributed by atoms with Crippen molar-refractivity contribution in [1.29, 1.82) is 0 Å². The molecule has 2 nitrogen and oxygen atoms in total. The molecule has 0 aliphatic rings. The molecule has 0 bridgehead atoms. The summed E-state index contributed by atoms with van der Waals surface area (Å²) in [5, 5.41) is 2.51. The predicted octanol–water partition coefficient (Wildman–Crippen LogP) is 6.85. The topological polar surface area (TPSA) is 17.3 Å². The molecule has 0 saturated heterocycles. The highest BCUT2D eigenvalue weighted by Gasteiger charge is 2.23. The number of aryl methyl sites for hydroxylation is 2. The van der Waals surface area contributed by atoms with Crippen molar-refractivity contribution < 1.29 is 0 Å². The zero-order chi connectivity index (χ0) is 19.7. The van der Waals surface area contributed by atoms with Crippen LogP contribution in [-0.4, -0.2) is 9.38 Å². The first-order chi connectivity index (χ1) is 12.5. The van der Waals surface area contributed by atoms with E-state index < -0.39 is 0 Å². The number of imidazole rings is 1. The minimum atomic E-state index is 0.0244. The van der Waals surface area contributed by atoms with Crippen molar-refractivity contribution in [1.82, 2.24) is 9.38 Å². The monoisotopic (exact) mass is 358 g/mol. The fourth-order valence-electron chi connectivity index (χ4n) is 3.87. The van der Waals surface area contributed by atoms with E-state index in [1.54, 1.807) is 0 Å². The number of nitrogens with zero attached hydrogens (tertiary/aromatic N) is 2. The first kappa shape index (κ1) is 18.0. The molecule has 27 heavy (non-hydrogen) atoms. The van der Waals surface area contributed by atoms with Gasteiger partial charge in [0.2, 0.25) is 0 Å². The number of benzene rings is 2. The van der Waals surface area contributed by atoms with Crippen LogP contribution in [0.15, 0.2) is 36.4 Å². The van der Waals surface area contributed by atoms with Gasteiger partial charge in [-0.25, -0.2) is 4.98 Å². The van der Waals surface area contributed by atoms with E-state index in [9.17, 15) is 0 Å². The fraction of sp³-hybridized carbons (Fsp3) is 0.400. The lowest BCUT2D eigenvalue weighted by Crippen LogP contribution is -2.17. The van der Waals surface area contributed by atoms with Gasteiger partial charge >= 0.3 is 0 Å². The zero-order valence-electron chi connectivity index (χ0n) is 17.9. The molecule has 0 amide bonds. The number of hydrogen-bond acceptors (Lipinski definition) is 1. The molecule has 2 aromatic heterocycles. The van der Waals surface area contributed by atoms with Crippen molar-refractivity contribution in [2.24, 2.45) is 0 Å². The van der Waals surface area contributed by atoms with Gasteiger partial charge in [0.1, 0.15) is 5.65 Å². The van der Waals surface area contributed by atoms with Crippen molar-refractivity contribution >= 4 is 27.5 Å². The predicted molar refractivity (Wildman–Crippen MR) is 117 cm³/mol. The van der Waals surface area contributed by atoms with Gasteiger partial charge in [-0.05, 0) is 59.5 Å². The lowest BCUT2D eigenvalue weighted by molar-refractivity contribution is 0.564. The summed E-state index contributed by atoms with van der Waals surface area (Å²) < 4.78 is 2.38. The number of aromatic nitrogens is 2. The van der Waals surface area contributed by atoms with Crippen LogP contribution >= 0.6 is 0 Å². The van der Waals surface area contributed by atoms with Gasteiger partial charge in [-0.3, -0.25) is 4.40 Å². The minimum absolute atomic E-state index is 0.0244. The Hall–Kier alpha value is -2.35. The minimum Gasteiger partial charge on any atom is -0.296 e. The van der Waals surface area contributed by atoms with E-state index in [0.717, 1.165) is 11.2 Å². The van der Waals surface area contributed by atoms with E-state index in [4.69, 9.17) is 4.98 Å². The van der Waals surface area contributed by atoms with Crippen molar-refractivity contribution in [3.63, 3.8) is 0 Å². The lowest BCUT2D eigenvalue weighted by atomic mass is 9.85. The van der Waals surface area contributed by atoms with Crippen LogP contribution in [0, 0.1) is 13.8 Å². The van der Waals surface area contributed by atoms with E-state index in [0.29, 0.717) is 0 Å². The Bertz CT molecular complexity index is 1190. The van der Waals surface area contributed by atoms with Crippen LogP contribution < -0.4 is 0 Å². The average Bonchev–Trinajstić information content (AvgIpc) is 2.90. The molecule has 0 saturated carbocycles. The molecule has 0 unspecified atom stereocenters. The molecule has 4 aromatic rings. The Morgan fingerprint density at radius 2 is 1.44 bits per heavy atom. The first-order valence-electron chi connectivity index (χ1n) is 9.84.